The van der Waals surface area contributed by atoms with E-state index in [1.165, 1.54) is 11.1 Å². The molecule has 0 spiro atoms. The minimum Gasteiger partial charge on any atom is -0.347 e. The molecule has 6 heteroatoms. The summed E-state index contributed by atoms with van der Waals surface area (Å²) in [6.07, 6.45) is 5.03. The third-order valence-corrected chi connectivity index (χ3v) is 4.67. The summed E-state index contributed by atoms with van der Waals surface area (Å²) >= 11 is 0. The monoisotopic (exact) mass is 389 g/mol. The predicted octanol–water partition coefficient (Wildman–Crippen LogP) is 4.79. The Morgan fingerprint density at radius 2 is 1.69 bits per heavy atom. The second-order valence-electron chi connectivity index (χ2n) is 7.56. The minimum atomic E-state index is -0.250. The Hall–Kier alpha value is -3.28. The molecule has 0 saturated carbocycles. The molecule has 0 aliphatic heterocycles. The van der Waals surface area contributed by atoms with Crippen LogP contribution in [0, 0.1) is 0 Å². The molecule has 6 nitrogen and oxygen atoms in total. The highest BCUT2D eigenvalue weighted by Crippen LogP contribution is 2.33. The van der Waals surface area contributed by atoms with Crippen LogP contribution in [0.4, 0.5) is 11.6 Å². The summed E-state index contributed by atoms with van der Waals surface area (Å²) in [5.74, 6) is 0.860. The summed E-state index contributed by atoms with van der Waals surface area (Å²) in [5.41, 5.74) is 4.67. The van der Waals surface area contributed by atoms with Crippen LogP contribution in [0.15, 0.2) is 55.0 Å². The molecule has 0 radical (unpaired) electrons. The first-order chi connectivity index (χ1) is 14.0. The maximum absolute atomic E-state index is 12.5. The molecule has 2 N–H and O–H groups in total. The molecule has 150 valence electrons. The number of nitrogens with zero attached hydrogens (tertiary/aromatic N) is 3. The summed E-state index contributed by atoms with van der Waals surface area (Å²) in [6.45, 7) is 9.04. The lowest BCUT2D eigenvalue weighted by Crippen LogP contribution is -2.24. The van der Waals surface area contributed by atoms with E-state index in [1.54, 1.807) is 24.7 Å². The van der Waals surface area contributed by atoms with Crippen molar-refractivity contribution in [1.29, 1.82) is 0 Å². The maximum Gasteiger partial charge on any atom is 0.270 e. The quantitative estimate of drug-likeness (QED) is 0.607. The van der Waals surface area contributed by atoms with Crippen molar-refractivity contribution in [2.75, 3.05) is 5.32 Å². The highest BCUT2D eigenvalue weighted by molar-refractivity contribution is 5.92. The zero-order chi connectivity index (χ0) is 20.8. The van der Waals surface area contributed by atoms with Crippen molar-refractivity contribution >= 4 is 17.5 Å². The van der Waals surface area contributed by atoms with E-state index in [0.29, 0.717) is 30.0 Å². The molecule has 29 heavy (non-hydrogen) atoms. The number of anilines is 2. The Kier molecular flexibility index (Phi) is 6.54. The number of rotatable bonds is 7. The Balaban J connectivity index is 1.81. The highest BCUT2D eigenvalue weighted by Gasteiger charge is 2.16. The van der Waals surface area contributed by atoms with Gasteiger partial charge < -0.3 is 10.6 Å². The Labute approximate surface area is 171 Å². The topological polar surface area (TPSA) is 79.8 Å². The average Bonchev–Trinajstić information content (AvgIpc) is 2.72. The van der Waals surface area contributed by atoms with Crippen LogP contribution in [0.1, 0.15) is 66.7 Å². The molecule has 3 rings (SSSR count). The maximum atomic E-state index is 12.5. The average molecular weight is 390 g/mol. The molecule has 0 saturated heterocycles. The van der Waals surface area contributed by atoms with Gasteiger partial charge in [-0.05, 0) is 40.7 Å². The molecule has 0 bridgehead atoms. The number of pyridine rings is 1. The number of amides is 1. The normalized spacial score (nSPS) is 11.0. The molecule has 0 aliphatic carbocycles. The molecule has 0 aliphatic rings. The largest absolute Gasteiger partial charge is 0.347 e. The zero-order valence-electron chi connectivity index (χ0n) is 17.3. The molecule has 2 aromatic heterocycles. The van der Waals surface area contributed by atoms with Crippen LogP contribution in [0.25, 0.3) is 0 Å². The van der Waals surface area contributed by atoms with E-state index in [0.717, 1.165) is 11.3 Å². The predicted molar refractivity (Wildman–Crippen MR) is 115 cm³/mol. The second kappa shape index (κ2) is 9.28. The molecular weight excluding hydrogens is 362 g/mol. The van der Waals surface area contributed by atoms with Gasteiger partial charge in [0.25, 0.3) is 5.91 Å². The highest BCUT2D eigenvalue weighted by atomic mass is 16.1. The molecule has 0 fully saturated rings. The van der Waals surface area contributed by atoms with Gasteiger partial charge >= 0.3 is 0 Å². The third kappa shape index (κ3) is 5.16. The first-order valence-corrected chi connectivity index (χ1v) is 9.85. The summed E-state index contributed by atoms with van der Waals surface area (Å²) in [5, 5.41) is 6.23. The van der Waals surface area contributed by atoms with Gasteiger partial charge in [0, 0.05) is 30.8 Å². The van der Waals surface area contributed by atoms with Crippen LogP contribution in [-0.2, 0) is 6.54 Å². The number of benzene rings is 1. The van der Waals surface area contributed by atoms with Crippen LogP contribution < -0.4 is 10.6 Å². The molecule has 3 aromatic rings. The summed E-state index contributed by atoms with van der Waals surface area (Å²) in [4.78, 5) is 25.3. The van der Waals surface area contributed by atoms with Crippen LogP contribution in [0.2, 0.25) is 0 Å². The lowest BCUT2D eigenvalue weighted by Gasteiger charge is -2.20. The first-order valence-electron chi connectivity index (χ1n) is 9.85. The van der Waals surface area contributed by atoms with Crippen molar-refractivity contribution in [2.45, 2.75) is 46.1 Å². The lowest BCUT2D eigenvalue weighted by atomic mass is 9.93. The van der Waals surface area contributed by atoms with E-state index in [-0.39, 0.29) is 5.91 Å². The van der Waals surface area contributed by atoms with E-state index in [1.807, 2.05) is 12.1 Å². The Morgan fingerprint density at radius 3 is 2.31 bits per heavy atom. The van der Waals surface area contributed by atoms with Gasteiger partial charge in [0.1, 0.15) is 5.69 Å². The summed E-state index contributed by atoms with van der Waals surface area (Å²) < 4.78 is 0. The molecule has 0 atom stereocenters. The number of carbonyl (C=O) groups excluding carboxylic acids is 1. The molecular formula is C23H27N5O. The molecule has 1 aromatic carbocycles. The van der Waals surface area contributed by atoms with Gasteiger partial charge in [-0.1, -0.05) is 52.0 Å². The number of nitrogens with one attached hydrogen (secondary N) is 2. The molecule has 1 amide bonds. The smallest absolute Gasteiger partial charge is 0.270 e. The SMILES string of the molecule is CC(C)c1cccc(C(C)C)c1Nc1nccc(C(=O)NCc2cccnc2)n1. The van der Waals surface area contributed by atoms with Gasteiger partial charge in [0.05, 0.1) is 0 Å². The van der Waals surface area contributed by atoms with Crippen LogP contribution in [0.3, 0.4) is 0 Å². The van der Waals surface area contributed by atoms with E-state index < -0.39 is 0 Å². The standard InChI is InChI=1S/C23H27N5O/c1-15(2)18-8-5-9-19(16(3)4)21(18)28-23-25-12-10-20(27-23)22(29)26-14-17-7-6-11-24-13-17/h5-13,15-16H,14H2,1-4H3,(H,26,29)(H,25,27,28). The fraction of sp³-hybridized carbons (Fsp3) is 0.304. The first kappa shape index (κ1) is 20.5. The van der Waals surface area contributed by atoms with Crippen molar-refractivity contribution in [1.82, 2.24) is 20.3 Å². The number of aromatic nitrogens is 3. The molecule has 0 unspecified atom stereocenters. The van der Waals surface area contributed by atoms with Crippen molar-refractivity contribution in [2.24, 2.45) is 0 Å². The number of hydrogen-bond acceptors (Lipinski definition) is 5. The minimum absolute atomic E-state index is 0.250. The van der Waals surface area contributed by atoms with Crippen molar-refractivity contribution < 1.29 is 4.79 Å². The van der Waals surface area contributed by atoms with Gasteiger partial charge in [-0.3, -0.25) is 9.78 Å². The fourth-order valence-corrected chi connectivity index (χ4v) is 3.13. The van der Waals surface area contributed by atoms with Gasteiger partial charge in [0.15, 0.2) is 0 Å². The number of hydrogen-bond donors (Lipinski definition) is 2. The van der Waals surface area contributed by atoms with E-state index in [4.69, 9.17) is 0 Å². The van der Waals surface area contributed by atoms with Crippen LogP contribution in [-0.4, -0.2) is 20.9 Å². The van der Waals surface area contributed by atoms with Crippen molar-refractivity contribution in [3.8, 4) is 0 Å². The summed E-state index contributed by atoms with van der Waals surface area (Å²) in [7, 11) is 0. The van der Waals surface area contributed by atoms with E-state index in [2.05, 4.69) is 71.5 Å². The van der Waals surface area contributed by atoms with Gasteiger partial charge in [0.2, 0.25) is 5.95 Å². The van der Waals surface area contributed by atoms with Crippen molar-refractivity contribution in [3.63, 3.8) is 0 Å². The Bertz CT molecular complexity index is 944. The van der Waals surface area contributed by atoms with Gasteiger partial charge in [-0.25, -0.2) is 9.97 Å². The number of para-hydroxylation sites is 1. The van der Waals surface area contributed by atoms with E-state index >= 15 is 0 Å². The molecule has 2 heterocycles. The van der Waals surface area contributed by atoms with E-state index in [9.17, 15) is 4.79 Å². The van der Waals surface area contributed by atoms with Crippen LogP contribution >= 0.6 is 0 Å². The van der Waals surface area contributed by atoms with Crippen molar-refractivity contribution in [3.05, 3.63) is 77.4 Å². The Morgan fingerprint density at radius 1 is 0.966 bits per heavy atom. The fourth-order valence-electron chi connectivity index (χ4n) is 3.13. The third-order valence-electron chi connectivity index (χ3n) is 4.67. The second-order valence-corrected chi connectivity index (χ2v) is 7.56. The summed E-state index contributed by atoms with van der Waals surface area (Å²) in [6, 6.07) is 11.7. The number of carbonyl (C=O) groups is 1. The zero-order valence-corrected chi connectivity index (χ0v) is 17.3. The van der Waals surface area contributed by atoms with Crippen LogP contribution in [0.5, 0.6) is 0 Å². The van der Waals surface area contributed by atoms with Gasteiger partial charge in [-0.15, -0.1) is 0 Å². The van der Waals surface area contributed by atoms with Gasteiger partial charge in [-0.2, -0.15) is 0 Å². The lowest BCUT2D eigenvalue weighted by molar-refractivity contribution is 0.0946.